The lowest BCUT2D eigenvalue weighted by atomic mass is 10.2. The van der Waals surface area contributed by atoms with Crippen LogP contribution in [-0.2, 0) is 14.3 Å². The minimum absolute atomic E-state index is 0.278. The molecule has 0 aliphatic carbocycles. The summed E-state index contributed by atoms with van der Waals surface area (Å²) in [6.07, 6.45) is 2.16. The Kier molecular flexibility index (Phi) is 7.05. The minimum atomic E-state index is -1.10. The van der Waals surface area contributed by atoms with E-state index in [2.05, 4.69) is 0 Å². The lowest BCUT2D eigenvalue weighted by molar-refractivity contribution is -0.139. The van der Waals surface area contributed by atoms with Crippen molar-refractivity contribution in [3.8, 4) is 11.5 Å². The van der Waals surface area contributed by atoms with Gasteiger partial charge in [0.05, 0.1) is 12.0 Å². The van der Waals surface area contributed by atoms with Crippen molar-refractivity contribution in [2.75, 3.05) is 34.0 Å². The van der Waals surface area contributed by atoms with Crippen molar-refractivity contribution in [3.63, 3.8) is 0 Å². The van der Waals surface area contributed by atoms with Gasteiger partial charge in [-0.05, 0) is 42.0 Å². The monoisotopic (exact) mass is 381 g/mol. The fourth-order valence-corrected chi connectivity index (χ4v) is 3.11. The third-order valence-electron chi connectivity index (χ3n) is 3.44. The number of nitrogens with zero attached hydrogens (tertiary/aromatic N) is 1. The molecule has 0 saturated carbocycles. The van der Waals surface area contributed by atoms with Crippen molar-refractivity contribution in [3.05, 3.63) is 28.7 Å². The Hall–Kier alpha value is -2.52. The molecule has 0 unspecified atom stereocenters. The van der Waals surface area contributed by atoms with Gasteiger partial charge in [-0.25, -0.2) is 4.79 Å². The summed E-state index contributed by atoms with van der Waals surface area (Å²) in [5, 5.41) is 8.36. The van der Waals surface area contributed by atoms with Gasteiger partial charge in [0.1, 0.15) is 0 Å². The normalized spacial score (nSPS) is 15.6. The van der Waals surface area contributed by atoms with E-state index < -0.39 is 12.6 Å². The number of carboxylic acid groups (broad SMARTS) is 1. The highest BCUT2D eigenvalue weighted by Gasteiger charge is 2.34. The third kappa shape index (κ3) is 4.99. The molecule has 1 heterocycles. The zero-order valence-electron chi connectivity index (χ0n) is 14.4. The molecule has 1 saturated heterocycles. The number of ether oxygens (including phenoxy) is 3. The summed E-state index contributed by atoms with van der Waals surface area (Å²) in [4.78, 5) is 36.5. The quantitative estimate of drug-likeness (QED) is 0.513. The number of benzene rings is 1. The maximum absolute atomic E-state index is 12.4. The first-order valence-electron chi connectivity index (χ1n) is 7.73. The lowest BCUT2D eigenvalue weighted by Crippen LogP contribution is -2.29. The number of aliphatic carboxylic acids is 1. The van der Waals surface area contributed by atoms with Crippen molar-refractivity contribution in [2.24, 2.45) is 0 Å². The fraction of sp³-hybridized carbons (Fsp3) is 0.353. The number of carbonyl (C=O) groups is 3. The Bertz CT molecular complexity index is 732. The summed E-state index contributed by atoms with van der Waals surface area (Å²) >= 11 is 0.874. The van der Waals surface area contributed by atoms with Crippen molar-refractivity contribution in [1.82, 2.24) is 4.90 Å². The summed E-state index contributed by atoms with van der Waals surface area (Å²) in [6.45, 7) is 0.285. The van der Waals surface area contributed by atoms with Gasteiger partial charge >= 0.3 is 5.97 Å². The van der Waals surface area contributed by atoms with Crippen molar-refractivity contribution in [2.45, 2.75) is 6.42 Å². The number of thioether (sulfide) groups is 1. The van der Waals surface area contributed by atoms with E-state index in [1.54, 1.807) is 31.4 Å². The molecular formula is C17H19NO7S. The van der Waals surface area contributed by atoms with E-state index in [0.29, 0.717) is 35.8 Å². The first-order chi connectivity index (χ1) is 12.5. The summed E-state index contributed by atoms with van der Waals surface area (Å²) in [6, 6.07) is 4.81. The summed E-state index contributed by atoms with van der Waals surface area (Å²) in [5.41, 5.74) is 0.631. The highest BCUT2D eigenvalue weighted by molar-refractivity contribution is 8.18. The standard InChI is InChI=1S/C17H19NO7S/c1-23-7-3-6-18-16(21)14(26-17(18)22)9-11-4-5-12(13(8-11)24-2)25-10-15(19)20/h4-5,8-9H,3,6-7,10H2,1-2H3,(H,19,20)/b14-9+. The van der Waals surface area contributed by atoms with Crippen LogP contribution in [0.25, 0.3) is 6.08 Å². The Labute approximate surface area is 154 Å². The molecule has 2 amide bonds. The van der Waals surface area contributed by atoms with Gasteiger partial charge in [-0.1, -0.05) is 6.07 Å². The molecule has 1 fully saturated rings. The van der Waals surface area contributed by atoms with E-state index in [0.717, 1.165) is 11.8 Å². The molecule has 0 atom stereocenters. The molecule has 1 N–H and O–H groups in total. The van der Waals surface area contributed by atoms with Crippen molar-refractivity contribution >= 4 is 35.0 Å². The van der Waals surface area contributed by atoms with Crippen LogP contribution in [0, 0.1) is 0 Å². The molecule has 26 heavy (non-hydrogen) atoms. The second-order valence-corrected chi connectivity index (χ2v) is 6.27. The van der Waals surface area contributed by atoms with Crippen molar-refractivity contribution < 1.29 is 33.7 Å². The Morgan fingerprint density at radius 2 is 2.04 bits per heavy atom. The number of hydrogen-bond donors (Lipinski definition) is 1. The van der Waals surface area contributed by atoms with Crippen LogP contribution in [0.15, 0.2) is 23.1 Å². The maximum Gasteiger partial charge on any atom is 0.341 e. The molecule has 1 aliphatic rings. The lowest BCUT2D eigenvalue weighted by Gasteiger charge is -2.11. The number of imide groups is 1. The number of hydrogen-bond acceptors (Lipinski definition) is 7. The highest BCUT2D eigenvalue weighted by Crippen LogP contribution is 2.34. The van der Waals surface area contributed by atoms with Gasteiger partial charge in [-0.15, -0.1) is 0 Å². The molecule has 1 aliphatic heterocycles. The van der Waals surface area contributed by atoms with E-state index in [1.807, 2.05) is 0 Å². The van der Waals surface area contributed by atoms with Gasteiger partial charge in [0, 0.05) is 20.3 Å². The molecule has 8 nitrogen and oxygen atoms in total. The number of carboxylic acids is 1. The van der Waals surface area contributed by atoms with Crippen LogP contribution in [-0.4, -0.2) is 61.1 Å². The van der Waals surface area contributed by atoms with Gasteiger partial charge in [-0.3, -0.25) is 14.5 Å². The van der Waals surface area contributed by atoms with Gasteiger partial charge in [0.15, 0.2) is 18.1 Å². The summed E-state index contributed by atoms with van der Waals surface area (Å²) < 4.78 is 15.3. The van der Waals surface area contributed by atoms with Crippen LogP contribution in [0.3, 0.4) is 0 Å². The third-order valence-corrected chi connectivity index (χ3v) is 4.35. The molecule has 0 bridgehead atoms. The highest BCUT2D eigenvalue weighted by atomic mass is 32.2. The fourth-order valence-electron chi connectivity index (χ4n) is 2.24. The van der Waals surface area contributed by atoms with Crippen molar-refractivity contribution in [1.29, 1.82) is 0 Å². The van der Waals surface area contributed by atoms with Crippen LogP contribution in [0.4, 0.5) is 4.79 Å². The maximum atomic E-state index is 12.4. The number of methoxy groups -OCH3 is 2. The molecule has 1 aromatic rings. The average Bonchev–Trinajstić information content (AvgIpc) is 2.87. The number of carbonyl (C=O) groups excluding carboxylic acids is 2. The van der Waals surface area contributed by atoms with Crippen LogP contribution in [0.1, 0.15) is 12.0 Å². The molecule has 0 aromatic heterocycles. The van der Waals surface area contributed by atoms with Crippen LogP contribution in [0.5, 0.6) is 11.5 Å². The molecule has 0 spiro atoms. The zero-order chi connectivity index (χ0) is 19.1. The Balaban J connectivity index is 2.14. The van der Waals surface area contributed by atoms with Gasteiger partial charge < -0.3 is 19.3 Å². The molecule has 1 aromatic carbocycles. The van der Waals surface area contributed by atoms with E-state index in [4.69, 9.17) is 19.3 Å². The summed E-state index contributed by atoms with van der Waals surface area (Å²) in [5.74, 6) is -0.835. The topological polar surface area (TPSA) is 102 Å². The number of amides is 2. The molecular weight excluding hydrogens is 362 g/mol. The van der Waals surface area contributed by atoms with Gasteiger partial charge in [-0.2, -0.15) is 0 Å². The molecule has 9 heteroatoms. The smallest absolute Gasteiger partial charge is 0.341 e. The second kappa shape index (κ2) is 9.25. The van der Waals surface area contributed by atoms with Gasteiger partial charge in [0.2, 0.25) is 0 Å². The first kappa shape index (κ1) is 19.8. The largest absolute Gasteiger partial charge is 0.493 e. The van der Waals surface area contributed by atoms with E-state index in [-0.39, 0.29) is 16.9 Å². The van der Waals surface area contributed by atoms with Gasteiger partial charge in [0.25, 0.3) is 11.1 Å². The van der Waals surface area contributed by atoms with E-state index in [1.165, 1.54) is 12.0 Å². The van der Waals surface area contributed by atoms with Crippen LogP contribution < -0.4 is 9.47 Å². The van der Waals surface area contributed by atoms with Crippen LogP contribution >= 0.6 is 11.8 Å². The number of rotatable bonds is 9. The summed E-state index contributed by atoms with van der Waals surface area (Å²) in [7, 11) is 2.99. The average molecular weight is 381 g/mol. The van der Waals surface area contributed by atoms with E-state index in [9.17, 15) is 14.4 Å². The predicted octanol–water partition coefficient (Wildman–Crippen LogP) is 2.23. The van der Waals surface area contributed by atoms with E-state index >= 15 is 0 Å². The molecule has 140 valence electrons. The van der Waals surface area contributed by atoms with Crippen LogP contribution in [0.2, 0.25) is 0 Å². The SMILES string of the molecule is COCCCN1C(=O)S/C(=C/c2ccc(OCC(=O)O)c(OC)c2)C1=O. The Morgan fingerprint density at radius 3 is 2.69 bits per heavy atom. The first-order valence-corrected chi connectivity index (χ1v) is 8.55. The second-order valence-electron chi connectivity index (χ2n) is 5.27. The Morgan fingerprint density at radius 1 is 1.27 bits per heavy atom. The molecule has 2 rings (SSSR count). The predicted molar refractivity (Wildman–Crippen MR) is 95.3 cm³/mol. The zero-order valence-corrected chi connectivity index (χ0v) is 15.2. The minimum Gasteiger partial charge on any atom is -0.493 e. The molecule has 0 radical (unpaired) electrons.